The summed E-state index contributed by atoms with van der Waals surface area (Å²) in [7, 11) is 1.41. The van der Waals surface area contributed by atoms with Crippen LogP contribution < -0.4 is 0 Å². The standard InChI is InChI=1S/C12H23NO3/c1-5-10(6-2)13-7-9(3)16-11(8-13)12(14)15-4/h9-11H,5-8H2,1-4H3/t9-,11+/m1/s1. The van der Waals surface area contributed by atoms with E-state index in [1.165, 1.54) is 7.11 Å². The average molecular weight is 229 g/mol. The molecule has 1 fully saturated rings. The lowest BCUT2D eigenvalue weighted by atomic mass is 10.1. The van der Waals surface area contributed by atoms with E-state index in [1.807, 2.05) is 6.92 Å². The minimum Gasteiger partial charge on any atom is -0.467 e. The predicted molar refractivity (Wildman–Crippen MR) is 62.3 cm³/mol. The van der Waals surface area contributed by atoms with Gasteiger partial charge in [0.15, 0.2) is 6.10 Å². The number of morpholine rings is 1. The van der Waals surface area contributed by atoms with E-state index in [9.17, 15) is 4.79 Å². The second kappa shape index (κ2) is 6.21. The maximum Gasteiger partial charge on any atom is 0.336 e. The smallest absolute Gasteiger partial charge is 0.336 e. The molecule has 0 aromatic carbocycles. The van der Waals surface area contributed by atoms with Crippen LogP contribution in [0, 0.1) is 0 Å². The van der Waals surface area contributed by atoms with Crippen molar-refractivity contribution < 1.29 is 14.3 Å². The molecule has 94 valence electrons. The first-order valence-electron chi connectivity index (χ1n) is 6.09. The van der Waals surface area contributed by atoms with Gasteiger partial charge < -0.3 is 9.47 Å². The first-order valence-corrected chi connectivity index (χ1v) is 6.09. The number of methoxy groups -OCH3 is 1. The van der Waals surface area contributed by atoms with Gasteiger partial charge in [-0.3, -0.25) is 4.90 Å². The van der Waals surface area contributed by atoms with E-state index >= 15 is 0 Å². The summed E-state index contributed by atoms with van der Waals surface area (Å²) in [6, 6.07) is 0.540. The van der Waals surface area contributed by atoms with Crippen molar-refractivity contribution in [3.63, 3.8) is 0 Å². The molecule has 4 nitrogen and oxygen atoms in total. The zero-order valence-corrected chi connectivity index (χ0v) is 10.7. The van der Waals surface area contributed by atoms with E-state index in [4.69, 9.17) is 9.47 Å². The average Bonchev–Trinajstić information content (AvgIpc) is 2.29. The summed E-state index contributed by atoms with van der Waals surface area (Å²) in [5.41, 5.74) is 0. The van der Waals surface area contributed by atoms with Crippen LogP contribution in [0.1, 0.15) is 33.6 Å². The Hall–Kier alpha value is -0.610. The lowest BCUT2D eigenvalue weighted by molar-refractivity contribution is -0.168. The molecule has 2 atom stereocenters. The highest BCUT2D eigenvalue weighted by atomic mass is 16.6. The van der Waals surface area contributed by atoms with Gasteiger partial charge in [-0.05, 0) is 19.8 Å². The third-order valence-corrected chi connectivity index (χ3v) is 3.21. The quantitative estimate of drug-likeness (QED) is 0.684. The summed E-state index contributed by atoms with van der Waals surface area (Å²) in [4.78, 5) is 13.8. The maximum absolute atomic E-state index is 11.5. The number of rotatable bonds is 4. The Morgan fingerprint density at radius 1 is 1.44 bits per heavy atom. The number of nitrogens with zero attached hydrogens (tertiary/aromatic N) is 1. The third-order valence-electron chi connectivity index (χ3n) is 3.21. The van der Waals surface area contributed by atoms with Gasteiger partial charge in [0.25, 0.3) is 0 Å². The highest BCUT2D eigenvalue weighted by Crippen LogP contribution is 2.18. The predicted octanol–water partition coefficient (Wildman–Crippen LogP) is 1.44. The zero-order chi connectivity index (χ0) is 12.1. The third kappa shape index (κ3) is 3.19. The largest absolute Gasteiger partial charge is 0.467 e. The first-order chi connectivity index (χ1) is 7.62. The first kappa shape index (κ1) is 13.5. The number of carbonyl (C=O) groups excluding carboxylic acids is 1. The van der Waals surface area contributed by atoms with E-state index in [0.29, 0.717) is 12.6 Å². The van der Waals surface area contributed by atoms with Crippen LogP contribution in [0.3, 0.4) is 0 Å². The lowest BCUT2D eigenvalue weighted by Gasteiger charge is -2.39. The maximum atomic E-state index is 11.5. The summed E-state index contributed by atoms with van der Waals surface area (Å²) >= 11 is 0. The van der Waals surface area contributed by atoms with Gasteiger partial charge in [-0.1, -0.05) is 13.8 Å². The molecule has 1 aliphatic heterocycles. The van der Waals surface area contributed by atoms with Crippen LogP contribution in [-0.4, -0.2) is 49.3 Å². The van der Waals surface area contributed by atoms with Crippen LogP contribution in [0.2, 0.25) is 0 Å². The molecular formula is C12H23NO3. The fourth-order valence-electron chi connectivity index (χ4n) is 2.35. The van der Waals surface area contributed by atoms with Crippen LogP contribution in [0.25, 0.3) is 0 Å². The minimum atomic E-state index is -0.422. The molecule has 0 aliphatic carbocycles. The van der Waals surface area contributed by atoms with Gasteiger partial charge in [-0.25, -0.2) is 4.79 Å². The Kier molecular flexibility index (Phi) is 5.22. The topological polar surface area (TPSA) is 38.8 Å². The van der Waals surface area contributed by atoms with Crippen LogP contribution in [0.15, 0.2) is 0 Å². The summed E-state index contributed by atoms with van der Waals surface area (Å²) in [6.45, 7) is 7.93. The molecule has 0 aromatic heterocycles. The Bertz CT molecular complexity index is 228. The lowest BCUT2D eigenvalue weighted by Crippen LogP contribution is -2.53. The summed E-state index contributed by atoms with van der Waals surface area (Å²) in [6.07, 6.45) is 1.89. The molecule has 0 amide bonds. The molecule has 0 bridgehead atoms. The summed E-state index contributed by atoms with van der Waals surface area (Å²) < 4.78 is 10.3. The molecule has 0 unspecified atom stereocenters. The molecule has 0 radical (unpaired) electrons. The van der Waals surface area contributed by atoms with E-state index in [-0.39, 0.29) is 12.1 Å². The monoisotopic (exact) mass is 229 g/mol. The summed E-state index contributed by atoms with van der Waals surface area (Å²) in [5, 5.41) is 0. The zero-order valence-electron chi connectivity index (χ0n) is 10.7. The number of ether oxygens (including phenoxy) is 2. The Balaban J connectivity index is 2.63. The molecule has 0 spiro atoms. The van der Waals surface area contributed by atoms with Crippen molar-refractivity contribution in [2.45, 2.75) is 51.9 Å². The number of carbonyl (C=O) groups is 1. The second-order valence-corrected chi connectivity index (χ2v) is 4.38. The Morgan fingerprint density at radius 3 is 2.56 bits per heavy atom. The normalized spacial score (nSPS) is 27.1. The van der Waals surface area contributed by atoms with E-state index in [1.54, 1.807) is 0 Å². The molecule has 1 heterocycles. The minimum absolute atomic E-state index is 0.0958. The molecule has 0 N–H and O–H groups in total. The van der Waals surface area contributed by atoms with Gasteiger partial charge in [-0.15, -0.1) is 0 Å². The van der Waals surface area contributed by atoms with E-state index in [0.717, 1.165) is 19.4 Å². The molecule has 1 rings (SSSR count). The van der Waals surface area contributed by atoms with Crippen molar-refractivity contribution in [2.75, 3.05) is 20.2 Å². The van der Waals surface area contributed by atoms with E-state index < -0.39 is 6.10 Å². The van der Waals surface area contributed by atoms with Gasteiger partial charge in [0.2, 0.25) is 0 Å². The van der Waals surface area contributed by atoms with Crippen LogP contribution in [0.4, 0.5) is 0 Å². The Morgan fingerprint density at radius 2 is 2.06 bits per heavy atom. The van der Waals surface area contributed by atoms with Gasteiger partial charge in [0.1, 0.15) is 0 Å². The molecule has 0 aromatic rings. The summed E-state index contributed by atoms with van der Waals surface area (Å²) in [5.74, 6) is -0.262. The highest BCUT2D eigenvalue weighted by Gasteiger charge is 2.33. The van der Waals surface area contributed by atoms with Crippen LogP contribution >= 0.6 is 0 Å². The fourth-order valence-corrected chi connectivity index (χ4v) is 2.35. The van der Waals surface area contributed by atoms with Crippen molar-refractivity contribution in [3.8, 4) is 0 Å². The van der Waals surface area contributed by atoms with Crippen molar-refractivity contribution in [3.05, 3.63) is 0 Å². The molecule has 4 heteroatoms. The van der Waals surface area contributed by atoms with Gasteiger partial charge in [-0.2, -0.15) is 0 Å². The fraction of sp³-hybridized carbons (Fsp3) is 0.917. The van der Waals surface area contributed by atoms with Crippen molar-refractivity contribution >= 4 is 5.97 Å². The SMILES string of the molecule is CCC(CC)N1C[C@@H](C)O[C@H](C(=O)OC)C1. The van der Waals surface area contributed by atoms with Crippen LogP contribution in [-0.2, 0) is 14.3 Å². The number of esters is 1. The van der Waals surface area contributed by atoms with Crippen LogP contribution in [0.5, 0.6) is 0 Å². The molecular weight excluding hydrogens is 206 g/mol. The molecule has 16 heavy (non-hydrogen) atoms. The molecule has 1 saturated heterocycles. The molecule has 0 saturated carbocycles. The van der Waals surface area contributed by atoms with Crippen molar-refractivity contribution in [1.29, 1.82) is 0 Å². The highest BCUT2D eigenvalue weighted by molar-refractivity contribution is 5.75. The van der Waals surface area contributed by atoms with Gasteiger partial charge in [0, 0.05) is 19.1 Å². The number of hydrogen-bond acceptors (Lipinski definition) is 4. The van der Waals surface area contributed by atoms with Crippen molar-refractivity contribution in [2.24, 2.45) is 0 Å². The van der Waals surface area contributed by atoms with Gasteiger partial charge >= 0.3 is 5.97 Å². The molecule has 1 aliphatic rings. The second-order valence-electron chi connectivity index (χ2n) is 4.38. The Labute approximate surface area is 97.9 Å². The number of hydrogen-bond donors (Lipinski definition) is 0. The van der Waals surface area contributed by atoms with Crippen molar-refractivity contribution in [1.82, 2.24) is 4.90 Å². The van der Waals surface area contributed by atoms with Gasteiger partial charge in [0.05, 0.1) is 13.2 Å². The van der Waals surface area contributed by atoms with E-state index in [2.05, 4.69) is 18.7 Å².